The van der Waals surface area contributed by atoms with Crippen LogP contribution in [0.3, 0.4) is 0 Å². The molecule has 8 nitrogen and oxygen atoms in total. The van der Waals surface area contributed by atoms with Gasteiger partial charge in [0.1, 0.15) is 0 Å². The lowest BCUT2D eigenvalue weighted by Crippen LogP contribution is -2.47. The number of carbonyl (C=O) groups is 2. The van der Waals surface area contributed by atoms with Crippen LogP contribution in [0.25, 0.3) is 6.08 Å². The lowest BCUT2D eigenvalue weighted by molar-refractivity contribution is -0.163. The van der Waals surface area contributed by atoms with Crippen LogP contribution in [0.4, 0.5) is 0 Å². The number of rotatable bonds is 6. The van der Waals surface area contributed by atoms with Crippen LogP contribution in [0.5, 0.6) is 23.0 Å². The van der Waals surface area contributed by atoms with Crippen molar-refractivity contribution in [3.63, 3.8) is 0 Å². The van der Waals surface area contributed by atoms with Gasteiger partial charge >= 0.3 is 5.97 Å². The molecule has 0 spiro atoms. The molecule has 26 heavy (non-hydrogen) atoms. The third-order valence-corrected chi connectivity index (χ3v) is 3.69. The molecule has 2 aromatic rings. The second-order valence-corrected chi connectivity index (χ2v) is 5.61. The van der Waals surface area contributed by atoms with Crippen LogP contribution in [0.1, 0.15) is 11.1 Å². The van der Waals surface area contributed by atoms with Crippen molar-refractivity contribution < 1.29 is 40.2 Å². The number of carbonyl (C=O) groups excluding carboxylic acids is 1. The Morgan fingerprint density at radius 1 is 0.885 bits per heavy atom. The van der Waals surface area contributed by atoms with Gasteiger partial charge in [-0.3, -0.25) is 4.79 Å². The molecule has 0 saturated heterocycles. The Morgan fingerprint density at radius 3 is 2.00 bits per heavy atom. The number of phenols is 4. The molecule has 136 valence electrons. The topological polar surface area (TPSA) is 156 Å². The molecule has 0 radical (unpaired) electrons. The average molecular weight is 360 g/mol. The highest BCUT2D eigenvalue weighted by molar-refractivity contribution is 6.13. The van der Waals surface area contributed by atoms with E-state index in [1.54, 1.807) is 0 Å². The van der Waals surface area contributed by atoms with Gasteiger partial charge in [0.15, 0.2) is 28.8 Å². The molecule has 0 bridgehead atoms. The first-order valence-corrected chi connectivity index (χ1v) is 7.34. The minimum absolute atomic E-state index is 0.120. The zero-order chi connectivity index (χ0) is 19.5. The van der Waals surface area contributed by atoms with Crippen molar-refractivity contribution in [1.82, 2.24) is 0 Å². The number of carboxylic acid groups (broad SMARTS) is 1. The van der Waals surface area contributed by atoms with Gasteiger partial charge in [0.05, 0.1) is 0 Å². The normalized spacial score (nSPS) is 13.4. The van der Waals surface area contributed by atoms with Crippen LogP contribution in [0, 0.1) is 0 Å². The number of ketones is 1. The molecule has 2 aromatic carbocycles. The van der Waals surface area contributed by atoms with E-state index in [1.165, 1.54) is 24.3 Å². The highest BCUT2D eigenvalue weighted by Gasteiger charge is 2.42. The van der Waals surface area contributed by atoms with E-state index in [0.29, 0.717) is 5.56 Å². The standard InChI is InChI=1S/C18H16O8/c19-12-4-1-10(7-14(12)21)3-6-16(23)18(26,17(24)25)9-11-2-5-13(20)15(22)8-11/h1-8,19-22,26H,9H2,(H,24,25). The monoisotopic (exact) mass is 360 g/mol. The van der Waals surface area contributed by atoms with E-state index in [-0.39, 0.29) is 11.3 Å². The second kappa shape index (κ2) is 7.16. The molecule has 0 aliphatic heterocycles. The fourth-order valence-electron chi connectivity index (χ4n) is 2.20. The van der Waals surface area contributed by atoms with Crippen LogP contribution < -0.4 is 0 Å². The third-order valence-electron chi connectivity index (χ3n) is 3.69. The highest BCUT2D eigenvalue weighted by Crippen LogP contribution is 2.28. The van der Waals surface area contributed by atoms with Gasteiger partial charge in [-0.05, 0) is 41.5 Å². The van der Waals surface area contributed by atoms with Crippen molar-refractivity contribution in [2.75, 3.05) is 0 Å². The van der Waals surface area contributed by atoms with Crippen molar-refractivity contribution >= 4 is 17.8 Å². The van der Waals surface area contributed by atoms with Gasteiger partial charge in [-0.25, -0.2) is 4.79 Å². The Kier molecular flexibility index (Phi) is 5.18. The zero-order valence-electron chi connectivity index (χ0n) is 13.3. The van der Waals surface area contributed by atoms with Gasteiger partial charge < -0.3 is 30.6 Å². The summed E-state index contributed by atoms with van der Waals surface area (Å²) < 4.78 is 0. The average Bonchev–Trinajstić information content (AvgIpc) is 2.58. The number of hydrogen-bond donors (Lipinski definition) is 6. The van der Waals surface area contributed by atoms with Gasteiger partial charge in [-0.2, -0.15) is 0 Å². The fourth-order valence-corrected chi connectivity index (χ4v) is 2.20. The van der Waals surface area contributed by atoms with Crippen molar-refractivity contribution in [2.24, 2.45) is 0 Å². The molecule has 2 rings (SSSR count). The Balaban J connectivity index is 2.27. The van der Waals surface area contributed by atoms with Crippen LogP contribution in [0.2, 0.25) is 0 Å². The van der Waals surface area contributed by atoms with Gasteiger partial charge in [0, 0.05) is 6.42 Å². The maximum Gasteiger partial charge on any atom is 0.344 e. The molecule has 8 heteroatoms. The Bertz CT molecular complexity index is 887. The summed E-state index contributed by atoms with van der Waals surface area (Å²) in [5.74, 6) is -4.64. The number of aliphatic carboxylic acids is 1. The molecule has 0 aromatic heterocycles. The molecule has 0 saturated carbocycles. The Hall–Kier alpha value is -3.52. The lowest BCUT2D eigenvalue weighted by atomic mass is 9.89. The number of benzene rings is 2. The summed E-state index contributed by atoms with van der Waals surface area (Å²) in [7, 11) is 0. The van der Waals surface area contributed by atoms with E-state index in [4.69, 9.17) is 0 Å². The lowest BCUT2D eigenvalue weighted by Gasteiger charge is -2.20. The molecule has 0 heterocycles. The Labute approximate surface area is 147 Å². The molecule has 0 amide bonds. The molecule has 0 fully saturated rings. The Morgan fingerprint density at radius 2 is 1.46 bits per heavy atom. The van der Waals surface area contributed by atoms with Crippen molar-refractivity contribution in [1.29, 1.82) is 0 Å². The minimum atomic E-state index is -2.79. The quantitative estimate of drug-likeness (QED) is 0.254. The van der Waals surface area contributed by atoms with Crippen molar-refractivity contribution in [2.45, 2.75) is 12.0 Å². The van der Waals surface area contributed by atoms with Crippen LogP contribution in [-0.2, 0) is 16.0 Å². The summed E-state index contributed by atoms with van der Waals surface area (Å²) in [6.07, 6.45) is 1.37. The van der Waals surface area contributed by atoms with E-state index in [2.05, 4.69) is 0 Å². The fraction of sp³-hybridized carbons (Fsp3) is 0.111. The first-order valence-electron chi connectivity index (χ1n) is 7.34. The van der Waals surface area contributed by atoms with Gasteiger partial charge in [-0.1, -0.05) is 18.2 Å². The summed E-state index contributed by atoms with van der Waals surface area (Å²) in [5, 5.41) is 56.9. The molecule has 6 N–H and O–H groups in total. The summed E-state index contributed by atoms with van der Waals surface area (Å²) in [6, 6.07) is 7.11. The van der Waals surface area contributed by atoms with Crippen LogP contribution in [0.15, 0.2) is 42.5 Å². The van der Waals surface area contributed by atoms with E-state index in [9.17, 15) is 40.2 Å². The van der Waals surface area contributed by atoms with Crippen molar-refractivity contribution in [3.8, 4) is 23.0 Å². The first-order chi connectivity index (χ1) is 12.1. The largest absolute Gasteiger partial charge is 0.504 e. The van der Waals surface area contributed by atoms with E-state index in [1.807, 2.05) is 0 Å². The summed E-state index contributed by atoms with van der Waals surface area (Å²) in [5.41, 5.74) is -2.38. The predicted octanol–water partition coefficient (Wildman–Crippen LogP) is 1.15. The number of hydrogen-bond acceptors (Lipinski definition) is 7. The molecule has 1 unspecified atom stereocenters. The zero-order valence-corrected chi connectivity index (χ0v) is 13.3. The SMILES string of the molecule is O=C(O)C(O)(Cc1ccc(O)c(O)c1)C(=O)C=Cc1ccc(O)c(O)c1. The molecular weight excluding hydrogens is 344 g/mol. The maximum atomic E-state index is 12.2. The number of aliphatic hydroxyl groups is 1. The van der Waals surface area contributed by atoms with Gasteiger partial charge in [0.25, 0.3) is 0 Å². The predicted molar refractivity (Wildman–Crippen MR) is 89.9 cm³/mol. The minimum Gasteiger partial charge on any atom is -0.504 e. The second-order valence-electron chi connectivity index (χ2n) is 5.61. The summed E-state index contributed by atoms with van der Waals surface area (Å²) in [4.78, 5) is 23.7. The van der Waals surface area contributed by atoms with Crippen LogP contribution in [-0.4, -0.2) is 48.0 Å². The van der Waals surface area contributed by atoms with Crippen molar-refractivity contribution in [3.05, 3.63) is 53.6 Å². The molecule has 0 aliphatic rings. The third kappa shape index (κ3) is 3.93. The number of phenolic OH excluding ortho intramolecular Hbond substituents is 4. The maximum absolute atomic E-state index is 12.2. The molecule has 1 atom stereocenters. The van der Waals surface area contributed by atoms with Gasteiger partial charge in [-0.15, -0.1) is 0 Å². The van der Waals surface area contributed by atoms with E-state index >= 15 is 0 Å². The number of aromatic hydroxyl groups is 4. The highest BCUT2D eigenvalue weighted by atomic mass is 16.4. The van der Waals surface area contributed by atoms with Gasteiger partial charge in [0.2, 0.25) is 5.60 Å². The molecule has 0 aliphatic carbocycles. The molecular formula is C18H16O8. The number of carboxylic acids is 1. The summed E-state index contributed by atoms with van der Waals surface area (Å²) in [6.45, 7) is 0. The smallest absolute Gasteiger partial charge is 0.344 e. The van der Waals surface area contributed by atoms with E-state index in [0.717, 1.165) is 24.3 Å². The summed E-state index contributed by atoms with van der Waals surface area (Å²) >= 11 is 0. The first kappa shape index (κ1) is 18.8. The van der Waals surface area contributed by atoms with Crippen LogP contribution >= 0.6 is 0 Å². The van der Waals surface area contributed by atoms with E-state index < -0.39 is 41.0 Å².